The molecule has 1 unspecified atom stereocenters. The molecule has 4 aromatic carbocycles. The Kier molecular flexibility index (Phi) is 6.72. The van der Waals surface area contributed by atoms with Gasteiger partial charge in [-0.3, -0.25) is 0 Å². The van der Waals surface area contributed by atoms with Crippen molar-refractivity contribution in [2.75, 3.05) is 0 Å². The second-order valence-corrected chi connectivity index (χ2v) is 17.1. The summed E-state index contributed by atoms with van der Waals surface area (Å²) in [5.41, 5.74) is 18.2. The van der Waals surface area contributed by atoms with E-state index in [0.717, 1.165) is 32.1 Å². The van der Waals surface area contributed by atoms with Crippen LogP contribution in [0.1, 0.15) is 135 Å². The van der Waals surface area contributed by atoms with Gasteiger partial charge in [-0.05, 0) is 115 Å². The van der Waals surface area contributed by atoms with Crippen molar-refractivity contribution in [1.82, 2.24) is 0 Å². The monoisotopic (exact) mass is 630 g/mol. The summed E-state index contributed by atoms with van der Waals surface area (Å²) < 4.78 is 0. The molecule has 0 aliphatic heterocycles. The third kappa shape index (κ3) is 3.79. The number of fused-ring (bicyclic) bond motifs is 12. The van der Waals surface area contributed by atoms with Gasteiger partial charge in [0, 0.05) is 16.2 Å². The summed E-state index contributed by atoms with van der Waals surface area (Å²) >= 11 is 0. The van der Waals surface area contributed by atoms with E-state index in [1.54, 1.807) is 33.4 Å². The van der Waals surface area contributed by atoms with E-state index in [9.17, 15) is 0 Å². The van der Waals surface area contributed by atoms with Crippen LogP contribution in [0.15, 0.2) is 96.1 Å². The molecule has 0 fully saturated rings. The largest absolute Gasteiger partial charge is 0.0654 e. The first-order valence-electron chi connectivity index (χ1n) is 18.8. The maximum absolute atomic E-state index is 2.78. The Morgan fingerprint density at radius 2 is 1.21 bits per heavy atom. The molecule has 0 aromatic heterocycles. The molecule has 1 spiro atoms. The Bertz CT molecular complexity index is 2110. The summed E-state index contributed by atoms with van der Waals surface area (Å²) in [6.07, 6.45) is 11.1. The van der Waals surface area contributed by atoms with E-state index in [1.165, 1.54) is 44.2 Å². The van der Waals surface area contributed by atoms with Crippen LogP contribution in [0.4, 0.5) is 0 Å². The van der Waals surface area contributed by atoms with Crippen molar-refractivity contribution in [3.8, 4) is 11.1 Å². The van der Waals surface area contributed by atoms with Crippen LogP contribution < -0.4 is 0 Å². The van der Waals surface area contributed by atoms with Crippen LogP contribution in [0.25, 0.3) is 33.0 Å². The fraction of sp³-hybridized carbons (Fsp3) is 0.417. The van der Waals surface area contributed by atoms with E-state index >= 15 is 0 Å². The number of allylic oxidation sites excluding steroid dienone is 6. The molecule has 8 rings (SSSR count). The fourth-order valence-electron chi connectivity index (χ4n) is 10.6. The molecule has 0 heteroatoms. The maximum Gasteiger partial charge on any atom is 0.0443 e. The molecule has 0 N–H and O–H groups in total. The predicted octanol–water partition coefficient (Wildman–Crippen LogP) is 13.5. The van der Waals surface area contributed by atoms with E-state index < -0.39 is 0 Å². The average molecular weight is 631 g/mol. The van der Waals surface area contributed by atoms with Crippen molar-refractivity contribution in [2.45, 2.75) is 118 Å². The van der Waals surface area contributed by atoms with Crippen molar-refractivity contribution in [1.29, 1.82) is 0 Å². The van der Waals surface area contributed by atoms with Gasteiger partial charge in [0.05, 0.1) is 0 Å². The first-order valence-corrected chi connectivity index (χ1v) is 18.8. The van der Waals surface area contributed by atoms with Crippen LogP contribution in [0.5, 0.6) is 0 Å². The van der Waals surface area contributed by atoms with Crippen molar-refractivity contribution in [3.63, 3.8) is 0 Å². The number of rotatable bonds is 6. The second kappa shape index (κ2) is 10.2. The van der Waals surface area contributed by atoms with Crippen LogP contribution in [-0.4, -0.2) is 0 Å². The normalized spacial score (nSPS) is 21.5. The lowest BCUT2D eigenvalue weighted by molar-refractivity contribution is 0.328. The maximum atomic E-state index is 2.78. The van der Waals surface area contributed by atoms with Crippen molar-refractivity contribution >= 4 is 21.9 Å². The van der Waals surface area contributed by atoms with Gasteiger partial charge in [-0.2, -0.15) is 0 Å². The molecule has 0 amide bonds. The van der Waals surface area contributed by atoms with E-state index in [0.29, 0.717) is 0 Å². The van der Waals surface area contributed by atoms with Gasteiger partial charge in [0.1, 0.15) is 0 Å². The highest BCUT2D eigenvalue weighted by Gasteiger charge is 2.55. The summed E-state index contributed by atoms with van der Waals surface area (Å²) in [6, 6.07) is 28.4. The lowest BCUT2D eigenvalue weighted by Gasteiger charge is -2.44. The average Bonchev–Trinajstić information content (AvgIpc) is 3.62. The third-order valence-corrected chi connectivity index (χ3v) is 14.4. The summed E-state index contributed by atoms with van der Waals surface area (Å²) in [6.45, 7) is 24.6. The molecule has 246 valence electrons. The Balaban J connectivity index is 1.49. The first kappa shape index (κ1) is 31.6. The van der Waals surface area contributed by atoms with E-state index in [1.807, 2.05) is 0 Å². The van der Waals surface area contributed by atoms with Crippen LogP contribution in [0.3, 0.4) is 0 Å². The zero-order chi connectivity index (χ0) is 34.0. The summed E-state index contributed by atoms with van der Waals surface area (Å²) in [4.78, 5) is 0. The predicted molar refractivity (Wildman–Crippen MR) is 208 cm³/mol. The Morgan fingerprint density at radius 3 is 1.92 bits per heavy atom. The minimum absolute atomic E-state index is 0.0346. The lowest BCUT2D eigenvalue weighted by atomic mass is 9.59. The smallest absolute Gasteiger partial charge is 0.0443 e. The molecule has 0 saturated heterocycles. The SMILES string of the molecule is CCC(C)(CC)C1=CC2(CC(C(C)(CC)CC)=C1)c1ccc3c(c1-c1ccc4ccccc4c12)C(C)(C)C1=C3C(C)(C)c2ccccc21. The van der Waals surface area contributed by atoms with E-state index in [2.05, 4.69) is 154 Å². The highest BCUT2D eigenvalue weighted by molar-refractivity contribution is 6.12. The first-order chi connectivity index (χ1) is 22.8. The summed E-state index contributed by atoms with van der Waals surface area (Å²) in [7, 11) is 0. The zero-order valence-corrected chi connectivity index (χ0v) is 31.1. The van der Waals surface area contributed by atoms with Crippen LogP contribution in [0.2, 0.25) is 0 Å². The molecule has 0 nitrogen and oxygen atoms in total. The molecule has 1 atom stereocenters. The summed E-state index contributed by atoms with van der Waals surface area (Å²) in [5, 5.41) is 2.77. The van der Waals surface area contributed by atoms with Crippen molar-refractivity contribution < 1.29 is 0 Å². The second-order valence-electron chi connectivity index (χ2n) is 17.1. The van der Waals surface area contributed by atoms with Gasteiger partial charge in [-0.1, -0.05) is 160 Å². The van der Waals surface area contributed by atoms with E-state index in [4.69, 9.17) is 0 Å². The molecule has 4 aromatic rings. The molecule has 0 saturated carbocycles. The molecule has 0 heterocycles. The van der Waals surface area contributed by atoms with Gasteiger partial charge in [0.15, 0.2) is 0 Å². The molecular formula is C48H54. The topological polar surface area (TPSA) is 0 Å². The molecule has 4 aliphatic carbocycles. The third-order valence-electron chi connectivity index (χ3n) is 14.4. The van der Waals surface area contributed by atoms with Gasteiger partial charge in [0.25, 0.3) is 0 Å². The Hall–Kier alpha value is -3.64. The van der Waals surface area contributed by atoms with Gasteiger partial charge < -0.3 is 0 Å². The van der Waals surface area contributed by atoms with Gasteiger partial charge in [0.2, 0.25) is 0 Å². The molecular weight excluding hydrogens is 577 g/mol. The zero-order valence-electron chi connectivity index (χ0n) is 31.1. The lowest BCUT2D eigenvalue weighted by Crippen LogP contribution is -2.34. The number of hydrogen-bond acceptors (Lipinski definition) is 0. The van der Waals surface area contributed by atoms with Crippen LogP contribution in [0, 0.1) is 10.8 Å². The van der Waals surface area contributed by atoms with E-state index in [-0.39, 0.29) is 27.1 Å². The number of hydrogen-bond donors (Lipinski definition) is 0. The fourth-order valence-corrected chi connectivity index (χ4v) is 10.6. The highest BCUT2D eigenvalue weighted by atomic mass is 14.6. The molecule has 4 aliphatic rings. The quantitative estimate of drug-likeness (QED) is 0.199. The van der Waals surface area contributed by atoms with Crippen molar-refractivity contribution in [2.24, 2.45) is 10.8 Å². The highest BCUT2D eigenvalue weighted by Crippen LogP contribution is 2.68. The molecule has 0 radical (unpaired) electrons. The standard InChI is InChI=1S/C48H54/c1-11-46(9,12-2)31-27-32(47(10,13-3)14-4)29-48(28-31)38-26-25-36-41(39(38)35-24-23-30-19-15-16-20-33(30)40(35)48)45(7,8)42-34-21-17-18-22-37(34)44(5,6)43(36)42/h15-28H,11-14,29H2,1-10H3. The van der Waals surface area contributed by atoms with Gasteiger partial charge in [-0.15, -0.1) is 0 Å². The van der Waals surface area contributed by atoms with Gasteiger partial charge in [-0.25, -0.2) is 0 Å². The number of benzene rings is 4. The van der Waals surface area contributed by atoms with Crippen LogP contribution >= 0.6 is 0 Å². The minimum Gasteiger partial charge on any atom is -0.0654 e. The van der Waals surface area contributed by atoms with Gasteiger partial charge >= 0.3 is 0 Å². The molecule has 0 bridgehead atoms. The molecule has 48 heavy (non-hydrogen) atoms. The Labute approximate surface area is 290 Å². The van der Waals surface area contributed by atoms with Crippen molar-refractivity contribution in [3.05, 3.63) is 129 Å². The Morgan fingerprint density at radius 1 is 0.583 bits per heavy atom. The summed E-state index contributed by atoms with van der Waals surface area (Å²) in [5.74, 6) is 0. The van der Waals surface area contributed by atoms with Crippen LogP contribution in [-0.2, 0) is 16.2 Å². The minimum atomic E-state index is -0.215.